The van der Waals surface area contributed by atoms with E-state index in [9.17, 15) is 22.4 Å². The molecule has 2 aromatic rings. The summed E-state index contributed by atoms with van der Waals surface area (Å²) in [6.45, 7) is 0. The Labute approximate surface area is 130 Å². The number of ketones is 1. The van der Waals surface area contributed by atoms with Gasteiger partial charge in [0.1, 0.15) is 11.5 Å². The molecule has 23 heavy (non-hydrogen) atoms. The highest BCUT2D eigenvalue weighted by molar-refractivity contribution is 7.90. The molecule has 0 unspecified atom stereocenters. The standard InChI is InChI=1S/C14H10FNO6S/c15-9-3-5-10(6-4-9)23(21,22)16-7-1-2-11(16)12(17)8-13(18)14(19)20/h1-8,18H,(H,19,20)/b13-8-. The SMILES string of the molecule is O=C(O)/C(O)=C/C(=O)c1cccn1S(=O)(=O)c1ccc(F)cc1. The Kier molecular flexibility index (Phi) is 4.32. The molecule has 0 atom stereocenters. The summed E-state index contributed by atoms with van der Waals surface area (Å²) in [7, 11) is -4.17. The minimum atomic E-state index is -4.17. The lowest BCUT2D eigenvalue weighted by Crippen LogP contribution is -2.17. The second-order valence-corrected chi connectivity index (χ2v) is 6.16. The lowest BCUT2D eigenvalue weighted by Gasteiger charge is -2.09. The fourth-order valence-corrected chi connectivity index (χ4v) is 3.09. The van der Waals surface area contributed by atoms with E-state index in [4.69, 9.17) is 10.2 Å². The average Bonchev–Trinajstić information content (AvgIpc) is 2.97. The highest BCUT2D eigenvalue weighted by Crippen LogP contribution is 2.18. The zero-order chi connectivity index (χ0) is 17.2. The van der Waals surface area contributed by atoms with Gasteiger partial charge < -0.3 is 10.2 Å². The number of aliphatic carboxylic acids is 1. The molecule has 0 saturated carbocycles. The number of carboxylic acid groups (broad SMARTS) is 1. The van der Waals surface area contributed by atoms with Crippen molar-refractivity contribution in [3.05, 3.63) is 65.9 Å². The van der Waals surface area contributed by atoms with Crippen molar-refractivity contribution in [3.63, 3.8) is 0 Å². The van der Waals surface area contributed by atoms with Crippen LogP contribution in [0.2, 0.25) is 0 Å². The molecule has 120 valence electrons. The van der Waals surface area contributed by atoms with Crippen molar-refractivity contribution < 1.29 is 32.6 Å². The van der Waals surface area contributed by atoms with Crippen molar-refractivity contribution in [2.45, 2.75) is 4.90 Å². The number of hydrogen-bond acceptors (Lipinski definition) is 5. The van der Waals surface area contributed by atoms with Gasteiger partial charge in [0.05, 0.1) is 4.90 Å². The van der Waals surface area contributed by atoms with E-state index in [1.807, 2.05) is 0 Å². The number of hydrogen-bond donors (Lipinski definition) is 2. The van der Waals surface area contributed by atoms with E-state index in [-0.39, 0.29) is 10.6 Å². The average molecular weight is 339 g/mol. The quantitative estimate of drug-likeness (QED) is 0.486. The first-order valence-electron chi connectivity index (χ1n) is 6.10. The Morgan fingerprint density at radius 1 is 1.09 bits per heavy atom. The van der Waals surface area contributed by atoms with Gasteiger partial charge in [-0.3, -0.25) is 4.79 Å². The van der Waals surface area contributed by atoms with Crippen LogP contribution >= 0.6 is 0 Å². The normalized spacial score (nSPS) is 12.1. The van der Waals surface area contributed by atoms with Gasteiger partial charge >= 0.3 is 5.97 Å². The fourth-order valence-electron chi connectivity index (χ4n) is 1.75. The fraction of sp³-hybridized carbons (Fsp3) is 0. The number of carbonyl (C=O) groups excluding carboxylic acids is 1. The summed E-state index contributed by atoms with van der Waals surface area (Å²) in [5.74, 6) is -4.58. The molecule has 1 aromatic heterocycles. The van der Waals surface area contributed by atoms with Crippen LogP contribution < -0.4 is 0 Å². The number of aromatic nitrogens is 1. The third kappa shape index (κ3) is 3.29. The highest BCUT2D eigenvalue weighted by Gasteiger charge is 2.22. The summed E-state index contributed by atoms with van der Waals surface area (Å²) >= 11 is 0. The van der Waals surface area contributed by atoms with Crippen molar-refractivity contribution in [1.82, 2.24) is 3.97 Å². The number of aliphatic hydroxyl groups excluding tert-OH is 1. The van der Waals surface area contributed by atoms with Crippen LogP contribution in [0.5, 0.6) is 0 Å². The number of carbonyl (C=O) groups is 2. The van der Waals surface area contributed by atoms with E-state index in [2.05, 4.69) is 0 Å². The van der Waals surface area contributed by atoms with Gasteiger partial charge in [-0.15, -0.1) is 0 Å². The van der Waals surface area contributed by atoms with Gasteiger partial charge in [-0.1, -0.05) is 0 Å². The summed E-state index contributed by atoms with van der Waals surface area (Å²) in [5, 5.41) is 17.6. The van der Waals surface area contributed by atoms with Crippen LogP contribution in [0.1, 0.15) is 10.5 Å². The van der Waals surface area contributed by atoms with Gasteiger partial charge in [-0.2, -0.15) is 0 Å². The van der Waals surface area contributed by atoms with Crippen LogP contribution in [0, 0.1) is 5.82 Å². The molecule has 2 N–H and O–H groups in total. The number of halogens is 1. The summed E-state index contributed by atoms with van der Waals surface area (Å²) in [5.41, 5.74) is -0.373. The van der Waals surface area contributed by atoms with E-state index in [1.54, 1.807) is 0 Å². The lowest BCUT2D eigenvalue weighted by atomic mass is 10.2. The van der Waals surface area contributed by atoms with Gasteiger partial charge in [-0.05, 0) is 36.4 Å². The monoisotopic (exact) mass is 339 g/mol. The first-order valence-corrected chi connectivity index (χ1v) is 7.54. The first kappa shape index (κ1) is 16.4. The van der Waals surface area contributed by atoms with Crippen LogP contribution in [0.15, 0.2) is 59.3 Å². The second kappa shape index (κ2) is 6.05. The summed E-state index contributed by atoms with van der Waals surface area (Å²) < 4.78 is 38.4. The first-order chi connectivity index (χ1) is 10.7. The Morgan fingerprint density at radius 3 is 2.26 bits per heavy atom. The molecule has 0 fully saturated rings. The van der Waals surface area contributed by atoms with E-state index < -0.39 is 33.4 Å². The van der Waals surface area contributed by atoms with E-state index in [1.165, 1.54) is 6.07 Å². The summed E-state index contributed by atoms with van der Waals surface area (Å²) in [6, 6.07) is 6.38. The molecule has 0 saturated heterocycles. The number of allylic oxidation sites excluding steroid dienone is 1. The van der Waals surface area contributed by atoms with Gasteiger partial charge in [0.2, 0.25) is 11.5 Å². The maximum atomic E-state index is 12.9. The molecule has 0 radical (unpaired) electrons. The Hall–Kier alpha value is -2.94. The number of nitrogens with zero attached hydrogens (tertiary/aromatic N) is 1. The van der Waals surface area contributed by atoms with E-state index in [0.717, 1.165) is 36.5 Å². The van der Waals surface area contributed by atoms with Crippen molar-refractivity contribution in [2.75, 3.05) is 0 Å². The molecule has 1 aromatic carbocycles. The molecule has 2 rings (SSSR count). The molecular weight excluding hydrogens is 329 g/mol. The van der Waals surface area contributed by atoms with Crippen molar-refractivity contribution >= 4 is 21.8 Å². The third-order valence-electron chi connectivity index (χ3n) is 2.82. The zero-order valence-corrected chi connectivity index (χ0v) is 12.2. The van der Waals surface area contributed by atoms with Crippen LogP contribution in [-0.4, -0.2) is 34.4 Å². The number of aliphatic hydroxyl groups is 1. The summed E-state index contributed by atoms with van der Waals surface area (Å²) in [6.07, 6.45) is 1.48. The van der Waals surface area contributed by atoms with Gasteiger partial charge in [0.15, 0.2) is 0 Å². The van der Waals surface area contributed by atoms with Crippen molar-refractivity contribution in [3.8, 4) is 0 Å². The Bertz CT molecular complexity index is 896. The van der Waals surface area contributed by atoms with E-state index >= 15 is 0 Å². The largest absolute Gasteiger partial charge is 0.502 e. The molecular formula is C14H10FNO6S. The second-order valence-electron chi connectivity index (χ2n) is 4.35. The van der Waals surface area contributed by atoms with Crippen LogP contribution in [0.4, 0.5) is 4.39 Å². The molecule has 0 aliphatic carbocycles. The van der Waals surface area contributed by atoms with E-state index in [0.29, 0.717) is 10.0 Å². The Morgan fingerprint density at radius 2 is 1.70 bits per heavy atom. The minimum Gasteiger partial charge on any atom is -0.502 e. The smallest absolute Gasteiger partial charge is 0.371 e. The number of carboxylic acids is 1. The maximum absolute atomic E-state index is 12.9. The van der Waals surface area contributed by atoms with Gasteiger partial charge in [-0.25, -0.2) is 21.6 Å². The topological polar surface area (TPSA) is 114 Å². The molecule has 7 nitrogen and oxygen atoms in total. The molecule has 1 heterocycles. The highest BCUT2D eigenvalue weighted by atomic mass is 32.2. The zero-order valence-electron chi connectivity index (χ0n) is 11.4. The predicted molar refractivity (Wildman–Crippen MR) is 76.1 cm³/mol. The van der Waals surface area contributed by atoms with Crippen LogP contribution in [0.3, 0.4) is 0 Å². The third-order valence-corrected chi connectivity index (χ3v) is 4.53. The number of benzene rings is 1. The lowest BCUT2D eigenvalue weighted by molar-refractivity contribution is -0.135. The maximum Gasteiger partial charge on any atom is 0.371 e. The molecule has 0 bridgehead atoms. The number of rotatable bonds is 5. The van der Waals surface area contributed by atoms with Crippen LogP contribution in [-0.2, 0) is 14.8 Å². The van der Waals surface area contributed by atoms with Crippen molar-refractivity contribution in [2.24, 2.45) is 0 Å². The summed E-state index contributed by atoms with van der Waals surface area (Å²) in [4.78, 5) is 22.2. The van der Waals surface area contributed by atoms with Gasteiger partial charge in [0, 0.05) is 12.3 Å². The van der Waals surface area contributed by atoms with Gasteiger partial charge in [0.25, 0.3) is 10.0 Å². The molecule has 0 aliphatic rings. The molecule has 0 aliphatic heterocycles. The Balaban J connectivity index is 2.49. The minimum absolute atomic E-state index is 0.254. The van der Waals surface area contributed by atoms with Crippen LogP contribution in [0.25, 0.3) is 0 Å². The molecule has 9 heteroatoms. The molecule has 0 amide bonds. The predicted octanol–water partition coefficient (Wildman–Crippen LogP) is 1.57. The van der Waals surface area contributed by atoms with Crippen molar-refractivity contribution in [1.29, 1.82) is 0 Å². The molecule has 0 spiro atoms.